The molecule has 2 atom stereocenters. The molecule has 42 heavy (non-hydrogen) atoms. The first-order valence-electron chi connectivity index (χ1n) is 12.8. The first-order chi connectivity index (χ1) is 19.9. The molecule has 2 aromatic heterocycles. The lowest BCUT2D eigenvalue weighted by molar-refractivity contribution is -0.134. The number of cyclic esters (lactones) is 1. The summed E-state index contributed by atoms with van der Waals surface area (Å²) in [6.45, 7) is 1.85. The Kier molecular flexibility index (Phi) is 7.08. The van der Waals surface area contributed by atoms with Gasteiger partial charge in [-0.25, -0.2) is 23.5 Å². The van der Waals surface area contributed by atoms with E-state index < -0.39 is 33.3 Å². The van der Waals surface area contributed by atoms with Crippen molar-refractivity contribution in [1.82, 2.24) is 19.4 Å². The highest BCUT2D eigenvalue weighted by molar-refractivity contribution is 7.15. The predicted molar refractivity (Wildman–Crippen MR) is 146 cm³/mol. The molecule has 6 rings (SSSR count). The molecule has 8 nitrogen and oxygen atoms in total. The highest BCUT2D eigenvalue weighted by Crippen LogP contribution is 2.40. The number of halogens is 6. The summed E-state index contributed by atoms with van der Waals surface area (Å²) in [6.07, 6.45) is -3.16. The van der Waals surface area contributed by atoms with Crippen LogP contribution in [0.3, 0.4) is 0 Å². The van der Waals surface area contributed by atoms with E-state index in [0.717, 1.165) is 6.20 Å². The third-order valence-electron chi connectivity index (χ3n) is 7.45. The minimum absolute atomic E-state index is 0.0749. The fraction of sp³-hybridized carbons (Fsp3) is 0.333. The molecule has 0 unspecified atom stereocenters. The second kappa shape index (κ2) is 10.5. The molecule has 2 aliphatic heterocycles. The number of thiazole rings is 1. The van der Waals surface area contributed by atoms with Crippen molar-refractivity contribution in [3.8, 4) is 10.6 Å². The molecule has 2 fully saturated rings. The van der Waals surface area contributed by atoms with Crippen molar-refractivity contribution in [3.05, 3.63) is 73.7 Å². The number of fused-ring (bicyclic) bond motifs is 2. The van der Waals surface area contributed by atoms with Crippen LogP contribution in [0.2, 0.25) is 5.02 Å². The average Bonchev–Trinajstić information content (AvgIpc) is 3.58. The summed E-state index contributed by atoms with van der Waals surface area (Å²) < 4.78 is 75.2. The summed E-state index contributed by atoms with van der Waals surface area (Å²) in [6, 6.07) is 5.11. The van der Waals surface area contributed by atoms with E-state index in [0.29, 0.717) is 42.0 Å². The van der Waals surface area contributed by atoms with Gasteiger partial charge in [0.2, 0.25) is 0 Å². The lowest BCUT2D eigenvalue weighted by Crippen LogP contribution is -2.45. The molecule has 1 N–H and O–H groups in total. The van der Waals surface area contributed by atoms with Crippen LogP contribution < -0.4 is 10.9 Å². The standard InChI is InChI=1S/C27H21ClF5N5O3S/c1-12-35-20-7-16(24-34-9-21(42-24)27(31,32)33)19(36-14-4-5-37-15(6-14)11-41-26(37)40)8-17(20)25(39)38(12)10-13-2-3-18(28)23(30)22(13)29/h2-3,7-9,14-15,36H,4-6,10-11H2,1H3/t14-,15-/m0/s1. The van der Waals surface area contributed by atoms with Crippen LogP contribution in [0.25, 0.3) is 21.5 Å². The molecule has 4 heterocycles. The molecule has 15 heteroatoms. The molecule has 0 spiro atoms. The smallest absolute Gasteiger partial charge is 0.427 e. The second-order valence-electron chi connectivity index (χ2n) is 10.1. The number of carbonyl (C=O) groups excluding carboxylic acids is 1. The Morgan fingerprint density at radius 1 is 1.19 bits per heavy atom. The van der Waals surface area contributed by atoms with Gasteiger partial charge in [0.15, 0.2) is 11.6 Å². The fourth-order valence-electron chi connectivity index (χ4n) is 5.30. The normalized spacial score (nSPS) is 18.8. The van der Waals surface area contributed by atoms with Gasteiger partial charge in [0.05, 0.1) is 34.7 Å². The number of ether oxygens (including phenoxy) is 1. The number of aryl methyl sites for hydroxylation is 1. The molecular weight excluding hydrogens is 605 g/mol. The first kappa shape index (κ1) is 28.3. The van der Waals surface area contributed by atoms with Crippen LogP contribution in [0.1, 0.15) is 29.1 Å². The molecule has 0 aliphatic carbocycles. The van der Waals surface area contributed by atoms with Crippen molar-refractivity contribution in [1.29, 1.82) is 0 Å². The number of amides is 1. The molecule has 4 aromatic rings. The van der Waals surface area contributed by atoms with Gasteiger partial charge in [-0.2, -0.15) is 13.2 Å². The molecule has 0 bridgehead atoms. The summed E-state index contributed by atoms with van der Waals surface area (Å²) in [4.78, 5) is 34.8. The van der Waals surface area contributed by atoms with E-state index in [1.165, 1.54) is 35.8 Å². The molecule has 2 aromatic carbocycles. The molecule has 2 aliphatic rings. The zero-order valence-corrected chi connectivity index (χ0v) is 23.3. The van der Waals surface area contributed by atoms with Crippen molar-refractivity contribution in [2.75, 3.05) is 18.5 Å². The minimum Gasteiger partial charge on any atom is -0.447 e. The van der Waals surface area contributed by atoms with Crippen LogP contribution in [-0.4, -0.2) is 50.8 Å². The zero-order valence-electron chi connectivity index (χ0n) is 21.8. The van der Waals surface area contributed by atoms with Crippen molar-refractivity contribution in [3.63, 3.8) is 0 Å². The van der Waals surface area contributed by atoms with E-state index >= 15 is 0 Å². The van der Waals surface area contributed by atoms with Crippen LogP contribution in [0.4, 0.5) is 32.4 Å². The largest absolute Gasteiger partial charge is 0.447 e. The van der Waals surface area contributed by atoms with Gasteiger partial charge in [0.1, 0.15) is 22.3 Å². The maximum absolute atomic E-state index is 14.6. The first-order valence-corrected chi connectivity index (χ1v) is 14.0. The number of benzene rings is 2. The second-order valence-corrected chi connectivity index (χ2v) is 11.6. The fourth-order valence-corrected chi connectivity index (χ4v) is 6.26. The number of alkyl halides is 3. The summed E-state index contributed by atoms with van der Waals surface area (Å²) in [5.74, 6) is -2.23. The summed E-state index contributed by atoms with van der Waals surface area (Å²) >= 11 is 6.12. The van der Waals surface area contributed by atoms with E-state index in [1.807, 2.05) is 0 Å². The number of carbonyl (C=O) groups is 1. The van der Waals surface area contributed by atoms with Gasteiger partial charge in [-0.3, -0.25) is 9.36 Å². The van der Waals surface area contributed by atoms with Crippen molar-refractivity contribution >= 4 is 45.6 Å². The van der Waals surface area contributed by atoms with E-state index in [9.17, 15) is 31.5 Å². The summed E-state index contributed by atoms with van der Waals surface area (Å²) in [5.41, 5.74) is 0.208. The van der Waals surface area contributed by atoms with E-state index in [-0.39, 0.29) is 58.6 Å². The zero-order chi connectivity index (χ0) is 29.9. The highest BCUT2D eigenvalue weighted by atomic mass is 35.5. The van der Waals surface area contributed by atoms with Crippen LogP contribution in [0, 0.1) is 18.6 Å². The Balaban J connectivity index is 1.44. The van der Waals surface area contributed by atoms with Gasteiger partial charge in [-0.1, -0.05) is 17.7 Å². The Bertz CT molecular complexity index is 1790. The minimum atomic E-state index is -4.58. The number of nitrogens with one attached hydrogen (secondary N) is 1. The van der Waals surface area contributed by atoms with Gasteiger partial charge in [0, 0.05) is 29.4 Å². The van der Waals surface area contributed by atoms with Crippen molar-refractivity contribution in [2.24, 2.45) is 0 Å². The van der Waals surface area contributed by atoms with Crippen LogP contribution in [0.15, 0.2) is 35.3 Å². The number of hydrogen-bond donors (Lipinski definition) is 1. The third kappa shape index (κ3) is 5.06. The molecule has 1 amide bonds. The lowest BCUT2D eigenvalue weighted by atomic mass is 9.97. The molecule has 220 valence electrons. The quantitative estimate of drug-likeness (QED) is 0.209. The van der Waals surface area contributed by atoms with Gasteiger partial charge in [-0.15, -0.1) is 11.3 Å². The number of rotatable bonds is 5. The topological polar surface area (TPSA) is 89.4 Å². The Morgan fingerprint density at radius 2 is 1.98 bits per heavy atom. The van der Waals surface area contributed by atoms with Gasteiger partial charge < -0.3 is 15.0 Å². The number of aromatic nitrogens is 3. The average molecular weight is 626 g/mol. The van der Waals surface area contributed by atoms with E-state index in [4.69, 9.17) is 16.3 Å². The maximum atomic E-state index is 14.6. The lowest BCUT2D eigenvalue weighted by Gasteiger charge is -2.33. The molecule has 2 saturated heterocycles. The Hall–Kier alpha value is -3.78. The Morgan fingerprint density at radius 3 is 2.71 bits per heavy atom. The third-order valence-corrected chi connectivity index (χ3v) is 8.82. The van der Waals surface area contributed by atoms with E-state index in [1.54, 1.807) is 4.90 Å². The Labute approximate surface area is 243 Å². The van der Waals surface area contributed by atoms with Gasteiger partial charge in [-0.05, 0) is 38.0 Å². The molecule has 0 saturated carbocycles. The monoisotopic (exact) mass is 625 g/mol. The number of anilines is 1. The SMILES string of the molecule is Cc1nc2cc(-c3ncc(C(F)(F)F)s3)c(N[C@H]3CCN4C(=O)OC[C@@H]4C3)cc2c(=O)n1Cc1ccc(Cl)c(F)c1F. The predicted octanol–water partition coefficient (Wildman–Crippen LogP) is 6.22. The maximum Gasteiger partial charge on any atom is 0.427 e. The molecular formula is C27H21ClF5N5O3S. The van der Waals surface area contributed by atoms with Gasteiger partial charge in [0.25, 0.3) is 5.56 Å². The number of piperidine rings is 1. The van der Waals surface area contributed by atoms with Crippen LogP contribution >= 0.6 is 22.9 Å². The van der Waals surface area contributed by atoms with Gasteiger partial charge >= 0.3 is 12.3 Å². The van der Waals surface area contributed by atoms with Crippen LogP contribution in [-0.2, 0) is 17.5 Å². The van der Waals surface area contributed by atoms with Crippen LogP contribution in [0.5, 0.6) is 0 Å². The highest BCUT2D eigenvalue weighted by Gasteiger charge is 2.38. The number of hydrogen-bond acceptors (Lipinski definition) is 7. The van der Waals surface area contributed by atoms with Crippen molar-refractivity contribution in [2.45, 2.75) is 44.6 Å². The summed E-state index contributed by atoms with van der Waals surface area (Å²) in [7, 11) is 0. The van der Waals surface area contributed by atoms with Crippen molar-refractivity contribution < 1.29 is 31.5 Å². The molecule has 0 radical (unpaired) electrons. The summed E-state index contributed by atoms with van der Waals surface area (Å²) in [5, 5.41) is 3.14. The van der Waals surface area contributed by atoms with E-state index in [2.05, 4.69) is 15.3 Å². The number of nitrogens with zero attached hydrogens (tertiary/aromatic N) is 4.